The highest BCUT2D eigenvalue weighted by molar-refractivity contribution is 6.11. The van der Waals surface area contributed by atoms with E-state index in [0.717, 1.165) is 19.3 Å². The van der Waals surface area contributed by atoms with E-state index in [2.05, 4.69) is 15.7 Å². The molecule has 160 valence electrons. The summed E-state index contributed by atoms with van der Waals surface area (Å²) in [5.41, 5.74) is 1.16. The summed E-state index contributed by atoms with van der Waals surface area (Å²) in [7, 11) is 0. The number of fused-ring (bicyclic) bond motifs is 1. The number of hydrogen-bond donors (Lipinski definition) is 2. The molecule has 4 rings (SSSR count). The highest BCUT2D eigenvalue weighted by Gasteiger charge is 2.23. The fourth-order valence-corrected chi connectivity index (χ4v) is 3.60. The lowest BCUT2D eigenvalue weighted by Crippen LogP contribution is -2.27. The van der Waals surface area contributed by atoms with Crippen LogP contribution in [0.15, 0.2) is 53.3 Å². The Labute approximate surface area is 179 Å². The molecular formula is C23H24N4O4. The average Bonchev–Trinajstić information content (AvgIpc) is 3.32. The van der Waals surface area contributed by atoms with Crippen LogP contribution in [0, 0.1) is 0 Å². The van der Waals surface area contributed by atoms with Crippen molar-refractivity contribution in [3.05, 3.63) is 64.6 Å². The van der Waals surface area contributed by atoms with Crippen LogP contribution in [0.3, 0.4) is 0 Å². The number of anilines is 2. The molecule has 0 bridgehead atoms. The molecule has 0 unspecified atom stereocenters. The van der Waals surface area contributed by atoms with Crippen LogP contribution in [0.1, 0.15) is 36.7 Å². The average molecular weight is 420 g/mol. The predicted molar refractivity (Wildman–Crippen MR) is 118 cm³/mol. The maximum absolute atomic E-state index is 13.0. The fraction of sp³-hybridized carbons (Fsp3) is 0.304. The van der Waals surface area contributed by atoms with Crippen molar-refractivity contribution in [1.82, 2.24) is 9.78 Å². The van der Waals surface area contributed by atoms with Gasteiger partial charge in [0.05, 0.1) is 5.39 Å². The van der Waals surface area contributed by atoms with Gasteiger partial charge in [-0.3, -0.25) is 14.4 Å². The lowest BCUT2D eigenvalue weighted by Gasteiger charge is -2.12. The smallest absolute Gasteiger partial charge is 0.276 e. The van der Waals surface area contributed by atoms with Crippen LogP contribution in [0.2, 0.25) is 0 Å². The highest BCUT2D eigenvalue weighted by atomic mass is 16.5. The molecule has 0 radical (unpaired) electrons. The van der Waals surface area contributed by atoms with Gasteiger partial charge in [-0.15, -0.1) is 0 Å². The van der Waals surface area contributed by atoms with Crippen molar-refractivity contribution in [1.29, 1.82) is 0 Å². The first kappa shape index (κ1) is 20.7. The van der Waals surface area contributed by atoms with Crippen molar-refractivity contribution in [2.24, 2.45) is 0 Å². The first-order chi connectivity index (χ1) is 15.1. The van der Waals surface area contributed by atoms with Crippen LogP contribution in [0.4, 0.5) is 11.4 Å². The Morgan fingerprint density at radius 3 is 2.39 bits per heavy atom. The number of ether oxygens (including phenoxy) is 1. The van der Waals surface area contributed by atoms with Crippen molar-refractivity contribution in [3.8, 4) is 0 Å². The van der Waals surface area contributed by atoms with E-state index in [9.17, 15) is 14.4 Å². The van der Waals surface area contributed by atoms with Gasteiger partial charge in [-0.25, -0.2) is 4.68 Å². The van der Waals surface area contributed by atoms with Crippen LogP contribution in [-0.4, -0.2) is 34.3 Å². The van der Waals surface area contributed by atoms with Crippen LogP contribution in [0.5, 0.6) is 0 Å². The van der Waals surface area contributed by atoms with E-state index < -0.39 is 12.0 Å². The molecule has 0 saturated carbocycles. The SMILES string of the molecule is CCCn1nc(C(=O)Nc2ccc(NC(=O)[C@H]3CCCO3)cc2)c2ccccc2c1=O. The molecular weight excluding hydrogens is 396 g/mol. The van der Waals surface area contributed by atoms with Crippen LogP contribution >= 0.6 is 0 Å². The second-order valence-electron chi connectivity index (χ2n) is 7.44. The van der Waals surface area contributed by atoms with Gasteiger partial charge in [0.15, 0.2) is 5.69 Å². The molecule has 31 heavy (non-hydrogen) atoms. The zero-order valence-electron chi connectivity index (χ0n) is 17.3. The van der Waals surface area contributed by atoms with E-state index in [1.54, 1.807) is 48.5 Å². The summed E-state index contributed by atoms with van der Waals surface area (Å²) in [5, 5.41) is 10.9. The molecule has 2 amide bonds. The Kier molecular flexibility index (Phi) is 6.08. The molecule has 1 aliphatic heterocycles. The molecule has 0 aliphatic carbocycles. The monoisotopic (exact) mass is 420 g/mol. The minimum Gasteiger partial charge on any atom is -0.368 e. The van der Waals surface area contributed by atoms with Gasteiger partial charge in [-0.05, 0) is 49.6 Å². The van der Waals surface area contributed by atoms with Crippen LogP contribution in [-0.2, 0) is 16.1 Å². The van der Waals surface area contributed by atoms with Gasteiger partial charge in [0.2, 0.25) is 0 Å². The fourth-order valence-electron chi connectivity index (χ4n) is 3.60. The molecule has 1 fully saturated rings. The number of aryl methyl sites for hydroxylation is 1. The van der Waals surface area contributed by atoms with Gasteiger partial charge >= 0.3 is 0 Å². The molecule has 2 heterocycles. The highest BCUT2D eigenvalue weighted by Crippen LogP contribution is 2.19. The molecule has 1 aliphatic rings. The third-order valence-electron chi connectivity index (χ3n) is 5.15. The first-order valence-electron chi connectivity index (χ1n) is 10.4. The molecule has 3 aromatic rings. The van der Waals surface area contributed by atoms with Gasteiger partial charge in [0.25, 0.3) is 17.4 Å². The Morgan fingerprint density at radius 2 is 1.74 bits per heavy atom. The van der Waals surface area contributed by atoms with Gasteiger partial charge < -0.3 is 15.4 Å². The second kappa shape index (κ2) is 9.09. The Bertz CT molecular complexity index is 1160. The number of nitrogens with zero attached hydrogens (tertiary/aromatic N) is 2. The number of carbonyl (C=O) groups is 2. The third kappa shape index (κ3) is 4.49. The van der Waals surface area contributed by atoms with Crippen molar-refractivity contribution >= 4 is 34.0 Å². The summed E-state index contributed by atoms with van der Waals surface area (Å²) in [5.74, 6) is -0.569. The quantitative estimate of drug-likeness (QED) is 0.638. The van der Waals surface area contributed by atoms with Gasteiger partial charge in [0.1, 0.15) is 6.10 Å². The van der Waals surface area contributed by atoms with Crippen LogP contribution < -0.4 is 16.2 Å². The van der Waals surface area contributed by atoms with E-state index in [1.165, 1.54) is 4.68 Å². The molecule has 1 aromatic heterocycles. The van der Waals surface area contributed by atoms with Crippen LogP contribution in [0.25, 0.3) is 10.8 Å². The van der Waals surface area contributed by atoms with Crippen molar-refractivity contribution < 1.29 is 14.3 Å². The summed E-state index contributed by atoms with van der Waals surface area (Å²) < 4.78 is 6.72. The lowest BCUT2D eigenvalue weighted by atomic mass is 10.1. The summed E-state index contributed by atoms with van der Waals surface area (Å²) in [4.78, 5) is 37.7. The van der Waals surface area contributed by atoms with Crippen molar-refractivity contribution in [2.75, 3.05) is 17.2 Å². The molecule has 0 spiro atoms. The Morgan fingerprint density at radius 1 is 1.06 bits per heavy atom. The number of hydrogen-bond acceptors (Lipinski definition) is 5. The van der Waals surface area contributed by atoms with Gasteiger partial charge in [-0.2, -0.15) is 5.10 Å². The zero-order valence-corrected chi connectivity index (χ0v) is 17.3. The summed E-state index contributed by atoms with van der Waals surface area (Å²) >= 11 is 0. The largest absolute Gasteiger partial charge is 0.368 e. The first-order valence-corrected chi connectivity index (χ1v) is 10.4. The normalized spacial score (nSPS) is 15.7. The summed E-state index contributed by atoms with van der Waals surface area (Å²) in [6.07, 6.45) is 1.93. The number of benzene rings is 2. The maximum Gasteiger partial charge on any atom is 0.276 e. The van der Waals surface area contributed by atoms with E-state index >= 15 is 0 Å². The number of rotatable bonds is 6. The Balaban J connectivity index is 1.53. The summed E-state index contributed by atoms with van der Waals surface area (Å²) in [6.45, 7) is 2.99. The van der Waals surface area contributed by atoms with E-state index in [0.29, 0.717) is 35.3 Å². The topological polar surface area (TPSA) is 102 Å². The summed E-state index contributed by atoms with van der Waals surface area (Å²) in [6, 6.07) is 13.8. The lowest BCUT2D eigenvalue weighted by molar-refractivity contribution is -0.124. The van der Waals surface area contributed by atoms with Gasteiger partial charge in [0, 0.05) is 29.9 Å². The predicted octanol–water partition coefficient (Wildman–Crippen LogP) is 3.18. The standard InChI is InChI=1S/C23H24N4O4/c1-2-13-27-23(30)18-7-4-3-6-17(18)20(26-27)22(29)25-16-11-9-15(10-12-16)24-21(28)19-8-5-14-31-19/h3-4,6-7,9-12,19H,2,5,8,13-14H2,1H3,(H,24,28)(H,25,29)/t19-/m1/s1. The second-order valence-corrected chi connectivity index (χ2v) is 7.44. The molecule has 8 heteroatoms. The van der Waals surface area contributed by atoms with E-state index in [-0.39, 0.29) is 17.2 Å². The number of amides is 2. The van der Waals surface area contributed by atoms with E-state index in [4.69, 9.17) is 4.74 Å². The van der Waals surface area contributed by atoms with E-state index in [1.807, 2.05) is 6.92 Å². The zero-order chi connectivity index (χ0) is 21.8. The molecule has 8 nitrogen and oxygen atoms in total. The third-order valence-corrected chi connectivity index (χ3v) is 5.15. The molecule has 2 N–H and O–H groups in total. The number of aromatic nitrogens is 2. The van der Waals surface area contributed by atoms with Gasteiger partial charge in [-0.1, -0.05) is 25.1 Å². The minimum absolute atomic E-state index is 0.164. The molecule has 1 atom stereocenters. The maximum atomic E-state index is 13.0. The van der Waals surface area contributed by atoms with Crippen molar-refractivity contribution in [2.45, 2.75) is 38.8 Å². The van der Waals surface area contributed by atoms with Crippen molar-refractivity contribution in [3.63, 3.8) is 0 Å². The number of carbonyl (C=O) groups excluding carboxylic acids is 2. The number of nitrogens with one attached hydrogen (secondary N) is 2. The Hall–Kier alpha value is -3.52. The molecule has 1 saturated heterocycles. The molecule has 2 aromatic carbocycles. The minimum atomic E-state index is -0.405.